The van der Waals surface area contributed by atoms with E-state index < -0.39 is 19.2 Å². The van der Waals surface area contributed by atoms with Crippen LogP contribution in [0, 0.1) is 0 Å². The molecule has 0 radical (unpaired) electrons. The van der Waals surface area contributed by atoms with Gasteiger partial charge in [-0.25, -0.2) is 0 Å². The van der Waals surface area contributed by atoms with Crippen LogP contribution in [0.25, 0.3) is 0 Å². The first kappa shape index (κ1) is 1.78. The monoisotopic (exact) mass is 98.1 g/mol. The van der Waals surface area contributed by atoms with E-state index in [1.165, 1.54) is 0 Å². The lowest BCUT2D eigenvalue weighted by molar-refractivity contribution is 0.0450. The standard InChI is InChI=1S/C3H8O3/c4-1-3(6)2-5/h3-6H,1-2H2/i1D2,2+1D,3+1D/t2-,3-/m0/s1. The summed E-state index contributed by atoms with van der Waals surface area (Å²) in [6.45, 7) is -5.69. The first-order chi connectivity index (χ1) is 4.19. The van der Waals surface area contributed by atoms with Crippen molar-refractivity contribution < 1.29 is 20.8 Å². The highest BCUT2D eigenvalue weighted by atomic mass is 16.5. The molecule has 0 aromatic rings. The van der Waals surface area contributed by atoms with Gasteiger partial charge in [0.25, 0.3) is 0 Å². The quantitative estimate of drug-likeness (QED) is 0.362. The molecule has 3 nitrogen and oxygen atoms in total. The van der Waals surface area contributed by atoms with Gasteiger partial charge in [-0.3, -0.25) is 0 Å². The smallest absolute Gasteiger partial charge is 0.100 e. The molecule has 0 aliphatic rings. The van der Waals surface area contributed by atoms with E-state index in [0.717, 1.165) is 0 Å². The highest BCUT2D eigenvalue weighted by Gasteiger charge is 1.93. The average molecular weight is 98.1 g/mol. The van der Waals surface area contributed by atoms with E-state index in [1.54, 1.807) is 0 Å². The fourth-order valence-electron chi connectivity index (χ4n) is 0.0289. The SMILES string of the molecule is [2H][13C@H](O)[13C@@]([2H])(O)C([2H])([2H])O. The number of hydrogen-bond donors (Lipinski definition) is 3. The minimum atomic E-state index is -3.30. The van der Waals surface area contributed by atoms with Crippen LogP contribution in [0.1, 0.15) is 5.48 Å². The van der Waals surface area contributed by atoms with Gasteiger partial charge in [0.1, 0.15) is 6.08 Å². The molecule has 0 heterocycles. The van der Waals surface area contributed by atoms with E-state index in [9.17, 15) is 0 Å². The number of rotatable bonds is 2. The summed E-state index contributed by atoms with van der Waals surface area (Å²) in [5, 5.41) is 25.1. The summed E-state index contributed by atoms with van der Waals surface area (Å²) in [6.07, 6.45) is -3.20. The summed E-state index contributed by atoms with van der Waals surface area (Å²) in [5.74, 6) is 0. The topological polar surface area (TPSA) is 60.7 Å². The van der Waals surface area contributed by atoms with Gasteiger partial charge in [0.2, 0.25) is 0 Å². The van der Waals surface area contributed by atoms with Crippen LogP contribution in [0.15, 0.2) is 0 Å². The van der Waals surface area contributed by atoms with Crippen LogP contribution < -0.4 is 0 Å². The lowest BCUT2D eigenvalue weighted by atomic mass is 11.0. The zero-order chi connectivity index (χ0) is 8.58. The molecule has 0 spiro atoms. The molecule has 0 aliphatic heterocycles. The maximum atomic E-state index is 8.53. The van der Waals surface area contributed by atoms with E-state index >= 15 is 0 Å². The highest BCUT2D eigenvalue weighted by molar-refractivity contribution is 4.43. The third-order valence-electron chi connectivity index (χ3n) is 0.237. The van der Waals surface area contributed by atoms with Crippen molar-refractivity contribution in [1.29, 1.82) is 0 Å². The lowest BCUT2D eigenvalue weighted by Crippen LogP contribution is -2.15. The molecule has 0 rings (SSSR count). The third kappa shape index (κ3) is 2.14. The third-order valence-corrected chi connectivity index (χ3v) is 0.237. The van der Waals surface area contributed by atoms with Gasteiger partial charge in [-0.1, -0.05) is 0 Å². The molecule has 0 saturated carbocycles. The van der Waals surface area contributed by atoms with E-state index in [0.29, 0.717) is 0 Å². The van der Waals surface area contributed by atoms with E-state index in [2.05, 4.69) is 0 Å². The average Bonchev–Trinajstić information content (AvgIpc) is 1.62. The van der Waals surface area contributed by atoms with E-state index in [1.807, 2.05) is 0 Å². The predicted octanol–water partition coefficient (Wildman–Crippen LogP) is -1.67. The summed E-state index contributed by atoms with van der Waals surface area (Å²) < 4.78 is 25.6. The van der Waals surface area contributed by atoms with Gasteiger partial charge < -0.3 is 15.3 Å². The van der Waals surface area contributed by atoms with Crippen molar-refractivity contribution in [3.63, 3.8) is 0 Å². The lowest BCUT2D eigenvalue weighted by Gasteiger charge is -1.96. The molecular weight excluding hydrogens is 86.0 g/mol. The Kier molecular flexibility index (Phi) is 0.913. The molecule has 0 unspecified atom stereocenters. The van der Waals surface area contributed by atoms with Crippen LogP contribution in [0.5, 0.6) is 0 Å². The number of hydrogen-bond acceptors (Lipinski definition) is 3. The molecule has 3 N–H and O–H groups in total. The largest absolute Gasteiger partial charge is 0.394 e. The van der Waals surface area contributed by atoms with Crippen LogP contribution in [0.4, 0.5) is 0 Å². The Morgan fingerprint density at radius 3 is 2.33 bits per heavy atom. The molecule has 0 aromatic carbocycles. The van der Waals surface area contributed by atoms with Crippen molar-refractivity contribution in [2.24, 2.45) is 0 Å². The minimum Gasteiger partial charge on any atom is -0.394 e. The summed E-state index contributed by atoms with van der Waals surface area (Å²) >= 11 is 0. The fourth-order valence-corrected chi connectivity index (χ4v) is 0.0289. The summed E-state index contributed by atoms with van der Waals surface area (Å²) in [5.41, 5.74) is 0. The van der Waals surface area contributed by atoms with Gasteiger partial charge in [-0.05, 0) is 0 Å². The highest BCUT2D eigenvalue weighted by Crippen LogP contribution is 1.71. The second kappa shape index (κ2) is 3.08. The van der Waals surface area contributed by atoms with E-state index in [-0.39, 0.29) is 0 Å². The Bertz CT molecular complexity index is 117. The Labute approximate surface area is 41.5 Å². The molecule has 0 amide bonds. The van der Waals surface area contributed by atoms with Crippen LogP contribution in [-0.4, -0.2) is 34.5 Å². The van der Waals surface area contributed by atoms with Crippen LogP contribution >= 0.6 is 0 Å². The summed E-state index contributed by atoms with van der Waals surface area (Å²) in [7, 11) is 0. The molecule has 2 atom stereocenters. The zero-order valence-electron chi connectivity index (χ0n) is 6.92. The second-order valence-electron chi connectivity index (χ2n) is 0.626. The van der Waals surface area contributed by atoms with Crippen LogP contribution in [-0.2, 0) is 0 Å². The van der Waals surface area contributed by atoms with Crippen molar-refractivity contribution in [1.82, 2.24) is 0 Å². The van der Waals surface area contributed by atoms with Crippen LogP contribution in [0.3, 0.4) is 0 Å². The molecule has 0 bridgehead atoms. The molecular formula is C3H8O3. The predicted molar refractivity (Wildman–Crippen MR) is 20.2 cm³/mol. The van der Waals surface area contributed by atoms with Gasteiger partial charge in [-0.15, -0.1) is 0 Å². The van der Waals surface area contributed by atoms with E-state index in [4.69, 9.17) is 20.8 Å². The summed E-state index contributed by atoms with van der Waals surface area (Å²) in [4.78, 5) is 0. The normalized spacial score (nSPS) is 37.2. The molecule has 6 heavy (non-hydrogen) atoms. The van der Waals surface area contributed by atoms with Crippen molar-refractivity contribution in [2.75, 3.05) is 13.1 Å². The molecule has 0 fully saturated rings. The first-order valence-corrected chi connectivity index (χ1v) is 1.24. The molecule has 0 saturated heterocycles. The molecule has 0 aromatic heterocycles. The fraction of sp³-hybridized carbons (Fsp3) is 1.00. The van der Waals surface area contributed by atoms with Crippen molar-refractivity contribution in [3.05, 3.63) is 0 Å². The van der Waals surface area contributed by atoms with Gasteiger partial charge in [0.05, 0.1) is 18.6 Å². The molecule has 3 heteroatoms. The zero-order valence-corrected chi connectivity index (χ0v) is 2.92. The van der Waals surface area contributed by atoms with Crippen molar-refractivity contribution >= 4 is 0 Å². The van der Waals surface area contributed by atoms with Gasteiger partial charge in [0.15, 0.2) is 0 Å². The van der Waals surface area contributed by atoms with Gasteiger partial charge in [0, 0.05) is 0 Å². The maximum Gasteiger partial charge on any atom is 0.100 e. The molecule has 0 aliphatic carbocycles. The van der Waals surface area contributed by atoms with Crippen LogP contribution in [0.2, 0.25) is 0 Å². The van der Waals surface area contributed by atoms with Crippen molar-refractivity contribution in [2.45, 2.75) is 6.08 Å². The van der Waals surface area contributed by atoms with Crippen molar-refractivity contribution in [3.8, 4) is 0 Å². The molecule has 38 valence electrons. The Morgan fingerprint density at radius 1 is 1.83 bits per heavy atom. The first-order valence-electron chi connectivity index (χ1n) is 3.32. The Morgan fingerprint density at radius 2 is 2.33 bits per heavy atom. The number of aliphatic hydroxyl groups excluding tert-OH is 1. The van der Waals surface area contributed by atoms with Gasteiger partial charge in [-0.2, -0.15) is 0 Å². The van der Waals surface area contributed by atoms with Gasteiger partial charge >= 0.3 is 0 Å². The summed E-state index contributed by atoms with van der Waals surface area (Å²) in [6, 6.07) is 0. The Balaban J connectivity index is 4.40. The maximum absolute atomic E-state index is 8.53. The number of aliphatic hydroxyl groups is 3. The minimum absolute atomic E-state index is 2.40. The Hall–Kier alpha value is -0.120. The second-order valence-corrected chi connectivity index (χ2v) is 0.626.